The van der Waals surface area contributed by atoms with E-state index in [1.807, 2.05) is 12.1 Å². The third-order valence-electron chi connectivity index (χ3n) is 2.78. The van der Waals surface area contributed by atoms with Crippen LogP contribution in [-0.2, 0) is 10.5 Å². The Hall–Kier alpha value is -0.730. The van der Waals surface area contributed by atoms with Gasteiger partial charge in [0.25, 0.3) is 0 Å². The van der Waals surface area contributed by atoms with Gasteiger partial charge in [0.1, 0.15) is 6.29 Å². The number of rotatable bonds is 3. The predicted octanol–water partition coefficient (Wildman–Crippen LogP) is 3.49. The summed E-state index contributed by atoms with van der Waals surface area (Å²) in [6.07, 6.45) is 3.89. The summed E-state index contributed by atoms with van der Waals surface area (Å²) in [5.74, 6) is 2.15. The molecule has 1 aliphatic rings. The Labute approximate surface area is 104 Å². The molecule has 0 saturated heterocycles. The van der Waals surface area contributed by atoms with Gasteiger partial charge in [-0.25, -0.2) is 10.9 Å². The van der Waals surface area contributed by atoms with Crippen LogP contribution in [0.25, 0.3) is 0 Å². The van der Waals surface area contributed by atoms with Gasteiger partial charge in [-0.1, -0.05) is 48.0 Å². The summed E-state index contributed by atoms with van der Waals surface area (Å²) in [4.78, 5) is 10.7. The van der Waals surface area contributed by atoms with Crippen molar-refractivity contribution >= 4 is 28.8 Å². The number of carbonyl (C=O) groups excluding carboxylic acids is 1. The first kappa shape index (κ1) is 11.7. The van der Waals surface area contributed by atoms with E-state index < -0.39 is 0 Å². The van der Waals surface area contributed by atoms with Crippen molar-refractivity contribution in [3.8, 4) is 0 Å². The molecule has 16 heavy (non-hydrogen) atoms. The molecular weight excluding hydrogens is 240 g/mol. The van der Waals surface area contributed by atoms with Gasteiger partial charge >= 0.3 is 0 Å². The second kappa shape index (κ2) is 5.55. The van der Waals surface area contributed by atoms with Crippen molar-refractivity contribution in [2.24, 2.45) is 5.92 Å². The number of benzene rings is 1. The van der Waals surface area contributed by atoms with Crippen LogP contribution in [-0.4, -0.2) is 12.0 Å². The fraction of sp³-hybridized carbons (Fsp3) is 0.308. The van der Waals surface area contributed by atoms with E-state index in [4.69, 9.17) is 11.6 Å². The number of halogens is 1. The molecule has 0 spiro atoms. The van der Waals surface area contributed by atoms with Crippen LogP contribution in [0.5, 0.6) is 0 Å². The maximum atomic E-state index is 10.7. The number of hydrogen-bond donors (Lipinski definition) is 1. The molecule has 0 saturated carbocycles. The highest BCUT2D eigenvalue weighted by atomic mass is 35.5. The summed E-state index contributed by atoms with van der Waals surface area (Å²) < 4.78 is 0.919. The largest absolute Gasteiger partial charge is 0.303 e. The summed E-state index contributed by atoms with van der Waals surface area (Å²) in [5, 5.41) is 0. The molecule has 2 rings (SSSR count). The van der Waals surface area contributed by atoms with E-state index in [9.17, 15) is 4.79 Å². The molecule has 0 N–H and O–H groups in total. The molecule has 1 nitrogen and oxygen atoms in total. The third-order valence-corrected chi connectivity index (χ3v) is 5.92. The van der Waals surface area contributed by atoms with Crippen LogP contribution in [0.2, 0.25) is 0 Å². The SMILES string of the molecule is O=CC1C=C(Cl)[SH](Cc2ccccc2)CC1. The normalized spacial score (nSPS) is 27.2. The number of hydrogen-bond acceptors (Lipinski definition) is 1. The van der Waals surface area contributed by atoms with E-state index in [-0.39, 0.29) is 16.8 Å². The molecule has 1 aromatic carbocycles. The zero-order valence-electron chi connectivity index (χ0n) is 8.97. The molecule has 3 heteroatoms. The Morgan fingerprint density at radius 2 is 2.12 bits per heavy atom. The summed E-state index contributed by atoms with van der Waals surface area (Å²) in [5.41, 5.74) is 1.34. The Morgan fingerprint density at radius 3 is 2.75 bits per heavy atom. The van der Waals surface area contributed by atoms with Gasteiger partial charge in [0.05, 0.1) is 4.36 Å². The standard InChI is InChI=1S/C13H15ClOS/c14-13-8-12(9-15)6-7-16(13)10-11-4-2-1-3-5-11/h1-5,8-9,12,16H,6-7,10H2. The van der Waals surface area contributed by atoms with Gasteiger partial charge in [-0.2, -0.15) is 0 Å². The van der Waals surface area contributed by atoms with Crippen molar-refractivity contribution in [1.29, 1.82) is 0 Å². The molecule has 1 aliphatic heterocycles. The maximum absolute atomic E-state index is 10.7. The first-order valence-electron chi connectivity index (χ1n) is 5.41. The van der Waals surface area contributed by atoms with E-state index in [2.05, 4.69) is 24.3 Å². The molecular formula is C13H15ClOS. The molecule has 2 unspecified atom stereocenters. The maximum Gasteiger partial charge on any atom is 0.126 e. The van der Waals surface area contributed by atoms with E-state index >= 15 is 0 Å². The minimum atomic E-state index is -0.274. The molecule has 86 valence electrons. The van der Waals surface area contributed by atoms with Crippen LogP contribution in [0.15, 0.2) is 40.8 Å². The van der Waals surface area contributed by atoms with Crippen molar-refractivity contribution in [3.63, 3.8) is 0 Å². The van der Waals surface area contributed by atoms with Crippen LogP contribution in [0.4, 0.5) is 0 Å². The smallest absolute Gasteiger partial charge is 0.126 e. The predicted molar refractivity (Wildman–Crippen MR) is 72.1 cm³/mol. The lowest BCUT2D eigenvalue weighted by Gasteiger charge is -2.26. The number of thiol groups is 1. The summed E-state index contributed by atoms with van der Waals surface area (Å²) in [6.45, 7) is 0. The van der Waals surface area contributed by atoms with Crippen molar-refractivity contribution in [3.05, 3.63) is 46.3 Å². The second-order valence-electron chi connectivity index (χ2n) is 3.99. The highest BCUT2D eigenvalue weighted by Crippen LogP contribution is 2.46. The fourth-order valence-corrected chi connectivity index (χ4v) is 4.62. The van der Waals surface area contributed by atoms with Crippen LogP contribution in [0, 0.1) is 5.92 Å². The van der Waals surface area contributed by atoms with Gasteiger partial charge in [-0.15, -0.1) is 0 Å². The minimum absolute atomic E-state index is 0.0435. The number of aldehydes is 1. The van der Waals surface area contributed by atoms with Crippen LogP contribution in [0.1, 0.15) is 12.0 Å². The third kappa shape index (κ3) is 2.89. The van der Waals surface area contributed by atoms with Crippen molar-refractivity contribution in [2.45, 2.75) is 12.2 Å². The molecule has 0 aliphatic carbocycles. The van der Waals surface area contributed by atoms with Gasteiger partial charge in [0.2, 0.25) is 0 Å². The van der Waals surface area contributed by atoms with E-state index in [0.717, 1.165) is 28.6 Å². The monoisotopic (exact) mass is 254 g/mol. The molecule has 1 aromatic rings. The minimum Gasteiger partial charge on any atom is -0.303 e. The highest BCUT2D eigenvalue weighted by molar-refractivity contribution is 8.21. The lowest BCUT2D eigenvalue weighted by molar-refractivity contribution is -0.109. The zero-order chi connectivity index (χ0) is 11.4. The van der Waals surface area contributed by atoms with Crippen molar-refractivity contribution in [2.75, 3.05) is 5.75 Å². The average Bonchev–Trinajstić information content (AvgIpc) is 2.33. The summed E-state index contributed by atoms with van der Waals surface area (Å²) in [6, 6.07) is 10.4. The lowest BCUT2D eigenvalue weighted by atomic mass is 10.1. The lowest BCUT2D eigenvalue weighted by Crippen LogP contribution is -2.09. The molecule has 0 bridgehead atoms. The van der Waals surface area contributed by atoms with Crippen molar-refractivity contribution < 1.29 is 4.79 Å². The first-order valence-corrected chi connectivity index (χ1v) is 7.50. The number of carbonyl (C=O) groups is 1. The molecule has 0 aromatic heterocycles. The highest BCUT2D eigenvalue weighted by Gasteiger charge is 2.18. The van der Waals surface area contributed by atoms with Crippen LogP contribution >= 0.6 is 22.5 Å². The Morgan fingerprint density at radius 1 is 1.38 bits per heavy atom. The Bertz CT molecular complexity index is 388. The molecule has 0 radical (unpaired) electrons. The van der Waals surface area contributed by atoms with Gasteiger partial charge in [0.15, 0.2) is 0 Å². The van der Waals surface area contributed by atoms with Gasteiger partial charge in [-0.05, 0) is 17.7 Å². The van der Waals surface area contributed by atoms with Gasteiger partial charge in [-0.3, -0.25) is 0 Å². The molecule has 0 amide bonds. The Balaban J connectivity index is 2.04. The van der Waals surface area contributed by atoms with Crippen LogP contribution in [0.3, 0.4) is 0 Å². The van der Waals surface area contributed by atoms with Gasteiger partial charge < -0.3 is 4.79 Å². The average molecular weight is 255 g/mol. The molecule has 2 atom stereocenters. The first-order chi connectivity index (χ1) is 7.79. The second-order valence-corrected chi connectivity index (χ2v) is 6.98. The summed E-state index contributed by atoms with van der Waals surface area (Å²) in [7, 11) is -0.274. The van der Waals surface area contributed by atoms with E-state index in [1.54, 1.807) is 0 Å². The zero-order valence-corrected chi connectivity index (χ0v) is 10.6. The van der Waals surface area contributed by atoms with Crippen LogP contribution < -0.4 is 0 Å². The Kier molecular flexibility index (Phi) is 4.08. The molecule has 1 heterocycles. The fourth-order valence-electron chi connectivity index (χ4n) is 1.84. The number of allylic oxidation sites excluding steroid dienone is 1. The van der Waals surface area contributed by atoms with Gasteiger partial charge in [0, 0.05) is 11.7 Å². The van der Waals surface area contributed by atoms with E-state index in [0.29, 0.717) is 0 Å². The van der Waals surface area contributed by atoms with E-state index in [1.165, 1.54) is 5.56 Å². The summed E-state index contributed by atoms with van der Waals surface area (Å²) >= 11 is 6.24. The quantitative estimate of drug-likeness (QED) is 0.646. The topological polar surface area (TPSA) is 17.1 Å². The van der Waals surface area contributed by atoms with Crippen molar-refractivity contribution in [1.82, 2.24) is 0 Å². The molecule has 0 fully saturated rings.